The molecule has 0 aliphatic rings. The number of carbonyl (C=O) groups excluding carboxylic acids is 1. The van der Waals surface area contributed by atoms with Gasteiger partial charge in [0.1, 0.15) is 6.04 Å². The van der Waals surface area contributed by atoms with Gasteiger partial charge in [-0.15, -0.1) is 0 Å². The van der Waals surface area contributed by atoms with Crippen molar-refractivity contribution in [1.29, 1.82) is 0 Å². The van der Waals surface area contributed by atoms with Crippen molar-refractivity contribution < 1.29 is 14.7 Å². The number of carboxylic acid groups (broad SMARTS) is 1. The second kappa shape index (κ2) is 7.44. The molecule has 1 atom stereocenters. The van der Waals surface area contributed by atoms with Gasteiger partial charge in [0, 0.05) is 30.7 Å². The molecule has 3 aromatic rings. The lowest BCUT2D eigenvalue weighted by Gasteiger charge is -2.05. The van der Waals surface area contributed by atoms with Gasteiger partial charge in [-0.1, -0.05) is 0 Å². The molecule has 2 N–H and O–H groups in total. The van der Waals surface area contributed by atoms with Crippen LogP contribution in [-0.2, 0) is 17.9 Å². The van der Waals surface area contributed by atoms with Crippen LogP contribution in [0.15, 0.2) is 30.9 Å². The van der Waals surface area contributed by atoms with Crippen molar-refractivity contribution in [2.45, 2.75) is 39.9 Å². The molecule has 10 nitrogen and oxygen atoms in total. The summed E-state index contributed by atoms with van der Waals surface area (Å²) in [5, 5.41) is 24.4. The first-order valence-electron chi connectivity index (χ1n) is 8.52. The number of aryl methyl sites for hydroxylation is 2. The third kappa shape index (κ3) is 4.05. The summed E-state index contributed by atoms with van der Waals surface area (Å²) < 4.78 is 4.81. The van der Waals surface area contributed by atoms with Gasteiger partial charge in [0.05, 0.1) is 24.1 Å². The van der Waals surface area contributed by atoms with E-state index in [2.05, 4.69) is 20.6 Å². The Morgan fingerprint density at radius 2 is 2.04 bits per heavy atom. The van der Waals surface area contributed by atoms with Crippen LogP contribution in [0, 0.1) is 6.92 Å². The molecule has 10 heteroatoms. The van der Waals surface area contributed by atoms with E-state index in [1.54, 1.807) is 17.1 Å². The summed E-state index contributed by atoms with van der Waals surface area (Å²) in [6.07, 6.45) is 6.71. The fourth-order valence-corrected chi connectivity index (χ4v) is 2.55. The number of aromatic nitrogens is 6. The van der Waals surface area contributed by atoms with Crippen LogP contribution in [0.5, 0.6) is 0 Å². The Balaban J connectivity index is 1.66. The van der Waals surface area contributed by atoms with E-state index in [-0.39, 0.29) is 5.69 Å². The molecule has 3 rings (SSSR count). The van der Waals surface area contributed by atoms with Gasteiger partial charge < -0.3 is 10.4 Å². The molecule has 0 fully saturated rings. The van der Waals surface area contributed by atoms with E-state index in [9.17, 15) is 9.59 Å². The quantitative estimate of drug-likeness (QED) is 0.650. The SMILES string of the molecule is CCn1cc(Cn2cc(NC(=O)c3ccn(C(C)C(=O)O)n3)cn2)c(C)n1. The fourth-order valence-electron chi connectivity index (χ4n) is 2.55. The van der Waals surface area contributed by atoms with Crippen LogP contribution in [0.2, 0.25) is 0 Å². The highest BCUT2D eigenvalue weighted by molar-refractivity contribution is 6.02. The van der Waals surface area contributed by atoms with Gasteiger partial charge in [0.2, 0.25) is 0 Å². The molecular weight excluding hydrogens is 350 g/mol. The second-order valence-corrected chi connectivity index (χ2v) is 6.17. The lowest BCUT2D eigenvalue weighted by Crippen LogP contribution is -2.18. The summed E-state index contributed by atoms with van der Waals surface area (Å²) in [6.45, 7) is 6.81. The minimum absolute atomic E-state index is 0.135. The first-order chi connectivity index (χ1) is 12.9. The zero-order chi connectivity index (χ0) is 19.6. The van der Waals surface area contributed by atoms with Gasteiger partial charge in [-0.05, 0) is 26.8 Å². The highest BCUT2D eigenvalue weighted by atomic mass is 16.4. The molecule has 1 amide bonds. The molecule has 0 saturated heterocycles. The minimum atomic E-state index is -1.02. The van der Waals surface area contributed by atoms with Crippen LogP contribution in [0.1, 0.15) is 41.6 Å². The third-order valence-corrected chi connectivity index (χ3v) is 4.19. The Kier molecular flexibility index (Phi) is 5.06. The number of amides is 1. The van der Waals surface area contributed by atoms with E-state index in [0.29, 0.717) is 12.2 Å². The van der Waals surface area contributed by atoms with Gasteiger partial charge in [0.25, 0.3) is 5.91 Å². The maximum atomic E-state index is 12.3. The smallest absolute Gasteiger partial charge is 0.328 e. The summed E-state index contributed by atoms with van der Waals surface area (Å²) >= 11 is 0. The first-order valence-corrected chi connectivity index (χ1v) is 8.52. The zero-order valence-electron chi connectivity index (χ0n) is 15.3. The molecule has 0 aliphatic heterocycles. The Hall–Kier alpha value is -3.43. The molecule has 0 bridgehead atoms. The van der Waals surface area contributed by atoms with Crippen molar-refractivity contribution in [1.82, 2.24) is 29.3 Å². The largest absolute Gasteiger partial charge is 0.480 e. The molecule has 0 spiro atoms. The highest BCUT2D eigenvalue weighted by Gasteiger charge is 2.17. The standard InChI is InChI=1S/C17H21N7O3/c1-4-22-8-13(11(2)20-22)9-23-10-14(7-18-23)19-16(25)15-5-6-24(21-15)12(3)17(26)27/h5-8,10,12H,4,9H2,1-3H3,(H,19,25)(H,26,27). The van der Waals surface area contributed by atoms with Crippen molar-refractivity contribution in [3.8, 4) is 0 Å². The van der Waals surface area contributed by atoms with E-state index in [1.807, 2.05) is 24.7 Å². The highest BCUT2D eigenvalue weighted by Crippen LogP contribution is 2.12. The van der Waals surface area contributed by atoms with Gasteiger partial charge in [-0.2, -0.15) is 15.3 Å². The van der Waals surface area contributed by atoms with Crippen LogP contribution in [0.4, 0.5) is 5.69 Å². The third-order valence-electron chi connectivity index (χ3n) is 4.19. The molecule has 142 valence electrons. The van der Waals surface area contributed by atoms with Crippen LogP contribution in [-0.4, -0.2) is 46.3 Å². The fraction of sp³-hybridized carbons (Fsp3) is 0.353. The van der Waals surface area contributed by atoms with E-state index in [0.717, 1.165) is 17.8 Å². The predicted octanol–water partition coefficient (Wildman–Crippen LogP) is 1.55. The number of carbonyl (C=O) groups is 2. The minimum Gasteiger partial charge on any atom is -0.480 e. The van der Waals surface area contributed by atoms with Crippen LogP contribution >= 0.6 is 0 Å². The van der Waals surface area contributed by atoms with Crippen LogP contribution in [0.3, 0.4) is 0 Å². The normalized spacial score (nSPS) is 12.1. The van der Waals surface area contributed by atoms with E-state index >= 15 is 0 Å². The van der Waals surface area contributed by atoms with Gasteiger partial charge in [0.15, 0.2) is 5.69 Å². The number of nitrogens with one attached hydrogen (secondary N) is 1. The Morgan fingerprint density at radius 1 is 1.26 bits per heavy atom. The van der Waals surface area contributed by atoms with Gasteiger partial charge in [-0.3, -0.25) is 18.8 Å². The molecule has 3 heterocycles. The van der Waals surface area contributed by atoms with Crippen molar-refractivity contribution >= 4 is 17.6 Å². The molecule has 0 aromatic carbocycles. The average Bonchev–Trinajstić information content (AvgIpc) is 3.35. The van der Waals surface area contributed by atoms with E-state index < -0.39 is 17.9 Å². The van der Waals surface area contributed by atoms with Crippen molar-refractivity contribution in [2.24, 2.45) is 0 Å². The maximum absolute atomic E-state index is 12.3. The summed E-state index contributed by atoms with van der Waals surface area (Å²) in [5.74, 6) is -1.45. The number of hydrogen-bond donors (Lipinski definition) is 2. The van der Waals surface area contributed by atoms with Crippen molar-refractivity contribution in [2.75, 3.05) is 5.32 Å². The summed E-state index contributed by atoms with van der Waals surface area (Å²) in [4.78, 5) is 23.3. The Bertz CT molecular complexity index is 969. The van der Waals surface area contributed by atoms with Crippen molar-refractivity contribution in [3.63, 3.8) is 0 Å². The Morgan fingerprint density at radius 3 is 2.70 bits per heavy atom. The lowest BCUT2D eigenvalue weighted by atomic mass is 10.3. The summed E-state index contributed by atoms with van der Waals surface area (Å²) in [7, 11) is 0. The zero-order valence-corrected chi connectivity index (χ0v) is 15.3. The molecule has 0 aliphatic carbocycles. The Labute approximate surface area is 155 Å². The number of carboxylic acids is 1. The molecule has 1 unspecified atom stereocenters. The monoisotopic (exact) mass is 371 g/mol. The molecule has 0 radical (unpaired) electrons. The van der Waals surface area contributed by atoms with E-state index in [1.165, 1.54) is 23.9 Å². The van der Waals surface area contributed by atoms with Crippen molar-refractivity contribution in [3.05, 3.63) is 47.8 Å². The number of anilines is 1. The molecular formula is C17H21N7O3. The first kappa shape index (κ1) is 18.4. The van der Waals surface area contributed by atoms with Crippen LogP contribution in [0.25, 0.3) is 0 Å². The molecule has 3 aromatic heterocycles. The second-order valence-electron chi connectivity index (χ2n) is 6.17. The summed E-state index contributed by atoms with van der Waals surface area (Å²) in [5.41, 5.74) is 2.66. The number of hydrogen-bond acceptors (Lipinski definition) is 5. The predicted molar refractivity (Wildman–Crippen MR) is 96.5 cm³/mol. The number of aliphatic carboxylic acids is 1. The van der Waals surface area contributed by atoms with E-state index in [4.69, 9.17) is 5.11 Å². The van der Waals surface area contributed by atoms with Gasteiger partial charge in [-0.25, -0.2) is 4.79 Å². The van der Waals surface area contributed by atoms with Crippen LogP contribution < -0.4 is 5.32 Å². The topological polar surface area (TPSA) is 120 Å². The molecule has 27 heavy (non-hydrogen) atoms. The molecule has 0 saturated carbocycles. The average molecular weight is 371 g/mol. The lowest BCUT2D eigenvalue weighted by molar-refractivity contribution is -0.140. The number of nitrogens with zero attached hydrogens (tertiary/aromatic N) is 6. The maximum Gasteiger partial charge on any atom is 0.328 e. The summed E-state index contributed by atoms with van der Waals surface area (Å²) in [6, 6.07) is 0.628. The number of rotatable bonds is 7. The van der Waals surface area contributed by atoms with Gasteiger partial charge >= 0.3 is 5.97 Å².